The van der Waals surface area contributed by atoms with E-state index >= 15 is 0 Å². The predicted octanol–water partition coefficient (Wildman–Crippen LogP) is 2.69. The Labute approximate surface area is 173 Å². The quantitative estimate of drug-likeness (QED) is 0.609. The van der Waals surface area contributed by atoms with E-state index in [-0.39, 0.29) is 18.0 Å². The Kier molecular flexibility index (Phi) is 5.69. The van der Waals surface area contributed by atoms with Gasteiger partial charge in [-0.1, -0.05) is 39.0 Å². The fourth-order valence-corrected chi connectivity index (χ4v) is 3.19. The van der Waals surface area contributed by atoms with Gasteiger partial charge in [0, 0.05) is 10.9 Å². The molecule has 0 aliphatic heterocycles. The fraction of sp³-hybridized carbons (Fsp3) is 0.273. The van der Waals surface area contributed by atoms with Crippen LogP contribution in [0.2, 0.25) is 0 Å². The summed E-state index contributed by atoms with van der Waals surface area (Å²) in [5.41, 5.74) is 5.89. The molecule has 0 saturated heterocycles. The van der Waals surface area contributed by atoms with Crippen molar-refractivity contribution in [2.75, 3.05) is 0 Å². The molecule has 0 aliphatic rings. The highest BCUT2D eigenvalue weighted by atomic mass is 19.1. The van der Waals surface area contributed by atoms with Gasteiger partial charge in [0.25, 0.3) is 5.91 Å². The molecule has 1 aromatic heterocycles. The zero-order valence-electron chi connectivity index (χ0n) is 17.0. The number of hydrogen-bond donors (Lipinski definition) is 2. The van der Waals surface area contributed by atoms with Gasteiger partial charge in [-0.15, -0.1) is 0 Å². The summed E-state index contributed by atoms with van der Waals surface area (Å²) in [5, 5.41) is 7.52. The lowest BCUT2D eigenvalue weighted by atomic mass is 9.86. The SMILES string of the molecule is CC(C)(C)[C@H](NC(=O)c1nn(CC(=O)c2ccc(F)cc2)c2ccccc12)C(N)=O. The Balaban J connectivity index is 1.94. The molecule has 0 aliphatic carbocycles. The van der Waals surface area contributed by atoms with Crippen molar-refractivity contribution in [3.63, 3.8) is 0 Å². The van der Waals surface area contributed by atoms with Gasteiger partial charge in [-0.2, -0.15) is 5.10 Å². The summed E-state index contributed by atoms with van der Waals surface area (Å²) in [6.07, 6.45) is 0. The molecule has 3 N–H and O–H groups in total. The number of primary amides is 1. The van der Waals surface area contributed by atoms with Crippen LogP contribution in [0.5, 0.6) is 0 Å². The standard InChI is InChI=1S/C22H23FN4O3/c1-22(2,3)19(20(24)29)25-21(30)18-15-6-4-5-7-16(15)27(26-18)12-17(28)13-8-10-14(23)11-9-13/h4-11,19H,12H2,1-3H3,(H2,24,29)(H,25,30)/t19-/m1/s1. The number of carbonyl (C=O) groups excluding carboxylic acids is 3. The molecule has 0 radical (unpaired) electrons. The van der Waals surface area contributed by atoms with Crippen LogP contribution in [0, 0.1) is 11.2 Å². The molecule has 2 aromatic carbocycles. The Morgan fingerprint density at radius 2 is 1.73 bits per heavy atom. The normalized spacial score (nSPS) is 12.5. The number of rotatable bonds is 6. The van der Waals surface area contributed by atoms with E-state index in [9.17, 15) is 18.8 Å². The van der Waals surface area contributed by atoms with Gasteiger partial charge in [-0.25, -0.2) is 4.39 Å². The zero-order chi connectivity index (χ0) is 22.1. The topological polar surface area (TPSA) is 107 Å². The molecule has 2 amide bonds. The molecule has 3 rings (SSSR count). The van der Waals surface area contributed by atoms with E-state index in [1.807, 2.05) is 0 Å². The number of nitrogens with one attached hydrogen (secondary N) is 1. The number of halogens is 1. The van der Waals surface area contributed by atoms with Gasteiger partial charge in [0.15, 0.2) is 11.5 Å². The second-order valence-electron chi connectivity index (χ2n) is 8.13. The predicted molar refractivity (Wildman–Crippen MR) is 110 cm³/mol. The van der Waals surface area contributed by atoms with Crippen molar-refractivity contribution >= 4 is 28.5 Å². The van der Waals surface area contributed by atoms with E-state index in [1.165, 1.54) is 28.9 Å². The summed E-state index contributed by atoms with van der Waals surface area (Å²) in [6, 6.07) is 11.3. The number of ketones is 1. The number of fused-ring (bicyclic) bond motifs is 1. The van der Waals surface area contributed by atoms with Crippen molar-refractivity contribution in [2.24, 2.45) is 11.1 Å². The van der Waals surface area contributed by atoms with Crippen molar-refractivity contribution < 1.29 is 18.8 Å². The van der Waals surface area contributed by atoms with Crippen LogP contribution in [0.1, 0.15) is 41.6 Å². The van der Waals surface area contributed by atoms with Crippen LogP contribution in [0.4, 0.5) is 4.39 Å². The fourth-order valence-electron chi connectivity index (χ4n) is 3.19. The summed E-state index contributed by atoms with van der Waals surface area (Å²) in [4.78, 5) is 37.3. The summed E-state index contributed by atoms with van der Waals surface area (Å²) >= 11 is 0. The number of nitrogens with two attached hydrogens (primary N) is 1. The monoisotopic (exact) mass is 410 g/mol. The van der Waals surface area contributed by atoms with E-state index in [4.69, 9.17) is 5.73 Å². The molecule has 30 heavy (non-hydrogen) atoms. The number of benzene rings is 2. The minimum absolute atomic E-state index is 0.0907. The van der Waals surface area contributed by atoms with Gasteiger partial charge < -0.3 is 11.1 Å². The van der Waals surface area contributed by atoms with E-state index in [2.05, 4.69) is 10.4 Å². The van der Waals surface area contributed by atoms with Gasteiger partial charge >= 0.3 is 0 Å². The van der Waals surface area contributed by atoms with E-state index in [1.54, 1.807) is 45.0 Å². The molecule has 0 bridgehead atoms. The van der Waals surface area contributed by atoms with Crippen LogP contribution < -0.4 is 11.1 Å². The molecular weight excluding hydrogens is 387 g/mol. The van der Waals surface area contributed by atoms with Gasteiger partial charge in [0.05, 0.1) is 5.52 Å². The van der Waals surface area contributed by atoms with Gasteiger partial charge in [0.2, 0.25) is 5.91 Å². The maximum Gasteiger partial charge on any atom is 0.273 e. The molecular formula is C22H23FN4O3. The van der Waals surface area contributed by atoms with Crippen molar-refractivity contribution in [1.82, 2.24) is 15.1 Å². The first-order valence-corrected chi connectivity index (χ1v) is 9.42. The number of hydrogen-bond acceptors (Lipinski definition) is 4. The highest BCUT2D eigenvalue weighted by molar-refractivity contribution is 6.06. The van der Waals surface area contributed by atoms with E-state index < -0.39 is 29.1 Å². The third-order valence-electron chi connectivity index (χ3n) is 4.76. The van der Waals surface area contributed by atoms with Crippen LogP contribution in [-0.2, 0) is 11.3 Å². The first-order valence-electron chi connectivity index (χ1n) is 9.42. The second kappa shape index (κ2) is 8.06. The molecule has 0 saturated carbocycles. The van der Waals surface area contributed by atoms with Crippen LogP contribution in [0.3, 0.4) is 0 Å². The van der Waals surface area contributed by atoms with Gasteiger partial charge in [-0.3, -0.25) is 19.1 Å². The lowest BCUT2D eigenvalue weighted by Crippen LogP contribution is -2.52. The third-order valence-corrected chi connectivity index (χ3v) is 4.76. The first kappa shape index (κ1) is 21.2. The molecule has 0 unspecified atom stereocenters. The first-order chi connectivity index (χ1) is 14.1. The maximum atomic E-state index is 13.1. The molecule has 0 spiro atoms. The van der Waals surface area contributed by atoms with Crippen molar-refractivity contribution in [3.05, 3.63) is 65.6 Å². The Morgan fingerprint density at radius 3 is 2.33 bits per heavy atom. The lowest BCUT2D eigenvalue weighted by Gasteiger charge is -2.28. The number of amides is 2. The number of nitrogens with zero attached hydrogens (tertiary/aromatic N) is 2. The minimum atomic E-state index is -0.894. The van der Waals surface area contributed by atoms with Crippen molar-refractivity contribution in [2.45, 2.75) is 33.4 Å². The van der Waals surface area contributed by atoms with E-state index in [0.29, 0.717) is 16.5 Å². The molecule has 0 fully saturated rings. The lowest BCUT2D eigenvalue weighted by molar-refractivity contribution is -0.122. The molecule has 7 nitrogen and oxygen atoms in total. The van der Waals surface area contributed by atoms with Crippen LogP contribution in [-0.4, -0.2) is 33.4 Å². The molecule has 1 atom stereocenters. The average Bonchev–Trinajstić information content (AvgIpc) is 3.04. The molecule has 8 heteroatoms. The number of para-hydroxylation sites is 1. The maximum absolute atomic E-state index is 13.1. The Morgan fingerprint density at radius 1 is 1.10 bits per heavy atom. The molecule has 3 aromatic rings. The highest BCUT2D eigenvalue weighted by Gasteiger charge is 2.32. The highest BCUT2D eigenvalue weighted by Crippen LogP contribution is 2.22. The Hall–Kier alpha value is -3.55. The minimum Gasteiger partial charge on any atom is -0.368 e. The zero-order valence-corrected chi connectivity index (χ0v) is 17.0. The third kappa shape index (κ3) is 4.37. The summed E-state index contributed by atoms with van der Waals surface area (Å²) in [7, 11) is 0. The second-order valence-corrected chi connectivity index (χ2v) is 8.13. The van der Waals surface area contributed by atoms with E-state index in [0.717, 1.165) is 0 Å². The Bertz CT molecular complexity index is 1110. The molecule has 156 valence electrons. The summed E-state index contributed by atoms with van der Waals surface area (Å²) < 4.78 is 14.5. The van der Waals surface area contributed by atoms with Crippen molar-refractivity contribution in [1.29, 1.82) is 0 Å². The number of Topliss-reactive ketones (excluding diaryl/α,β-unsaturated/α-hetero) is 1. The number of carbonyl (C=O) groups is 3. The molecule has 1 heterocycles. The summed E-state index contributed by atoms with van der Waals surface area (Å²) in [5.74, 6) is -1.92. The van der Waals surface area contributed by atoms with Crippen LogP contribution in [0.25, 0.3) is 10.9 Å². The summed E-state index contributed by atoms with van der Waals surface area (Å²) in [6.45, 7) is 5.25. The van der Waals surface area contributed by atoms with Crippen molar-refractivity contribution in [3.8, 4) is 0 Å². The largest absolute Gasteiger partial charge is 0.368 e. The van der Waals surface area contributed by atoms with Gasteiger partial charge in [-0.05, 0) is 35.7 Å². The van der Waals surface area contributed by atoms with Gasteiger partial charge in [0.1, 0.15) is 18.4 Å². The van der Waals surface area contributed by atoms with Crippen LogP contribution >= 0.6 is 0 Å². The smallest absolute Gasteiger partial charge is 0.273 e. The average molecular weight is 410 g/mol. The van der Waals surface area contributed by atoms with Crippen LogP contribution in [0.15, 0.2) is 48.5 Å². The number of aromatic nitrogens is 2.